The van der Waals surface area contributed by atoms with Gasteiger partial charge in [-0.15, -0.1) is 0 Å². The van der Waals surface area contributed by atoms with Crippen molar-refractivity contribution in [3.63, 3.8) is 0 Å². The monoisotopic (exact) mass is 218 g/mol. The standard InChI is InChI=1S/C12H10O2S/c1-15(13,14)12-9-5-3-7-10-6-2-4-8-11(10)12/h2,4,6-8H,3H2,1H3. The van der Waals surface area contributed by atoms with Gasteiger partial charge in [0.15, 0.2) is 9.84 Å². The highest BCUT2D eigenvalue weighted by Crippen LogP contribution is 2.02. The molecule has 0 N–H and O–H groups in total. The van der Waals surface area contributed by atoms with E-state index in [0.29, 0.717) is 11.6 Å². The van der Waals surface area contributed by atoms with Crippen LogP contribution in [0.2, 0.25) is 0 Å². The van der Waals surface area contributed by atoms with E-state index in [0.717, 1.165) is 5.22 Å². The Morgan fingerprint density at radius 1 is 1.27 bits per heavy atom. The molecule has 0 heterocycles. The summed E-state index contributed by atoms with van der Waals surface area (Å²) >= 11 is 0. The predicted octanol–water partition coefficient (Wildman–Crippen LogP) is 0.0270. The van der Waals surface area contributed by atoms with Crippen LogP contribution in [0.5, 0.6) is 0 Å². The van der Waals surface area contributed by atoms with Crippen LogP contribution in [0.1, 0.15) is 6.42 Å². The Kier molecular flexibility index (Phi) is 2.37. The third-order valence-electron chi connectivity index (χ3n) is 2.20. The molecular formula is C12H10O2S. The molecule has 0 amide bonds. The quantitative estimate of drug-likeness (QED) is 0.623. The molecule has 76 valence electrons. The molecule has 1 aromatic carbocycles. The molecule has 3 heteroatoms. The number of hydrogen-bond donors (Lipinski definition) is 0. The number of fused-ring (bicyclic) bond motifs is 1. The fourth-order valence-electron chi connectivity index (χ4n) is 1.53. The normalized spacial score (nSPS) is 14.3. The maximum Gasteiger partial charge on any atom is 0.184 e. The molecule has 0 aliphatic heterocycles. The van der Waals surface area contributed by atoms with E-state index in [1.54, 1.807) is 6.07 Å². The molecule has 0 radical (unpaired) electrons. The lowest BCUT2D eigenvalue weighted by atomic mass is 10.2. The zero-order chi connectivity index (χ0) is 10.9. The fraction of sp³-hybridized carbons (Fsp3) is 0.167. The van der Waals surface area contributed by atoms with Crippen LogP contribution in [0.4, 0.5) is 0 Å². The van der Waals surface area contributed by atoms with Crippen molar-refractivity contribution in [1.29, 1.82) is 0 Å². The third kappa shape index (κ3) is 1.95. The summed E-state index contributed by atoms with van der Waals surface area (Å²) in [6, 6.07) is 7.41. The molecule has 0 saturated heterocycles. The minimum Gasteiger partial charge on any atom is -0.223 e. The zero-order valence-corrected chi connectivity index (χ0v) is 9.14. The number of rotatable bonds is 1. The summed E-state index contributed by atoms with van der Waals surface area (Å²) in [7, 11) is -3.24. The number of sulfone groups is 1. The van der Waals surface area contributed by atoms with Crippen LogP contribution < -0.4 is 10.4 Å². The summed E-state index contributed by atoms with van der Waals surface area (Å²) in [5.41, 5.74) is 0. The van der Waals surface area contributed by atoms with Gasteiger partial charge in [0.05, 0.1) is 0 Å². The molecule has 15 heavy (non-hydrogen) atoms. The molecule has 2 nitrogen and oxygen atoms in total. The van der Waals surface area contributed by atoms with Crippen LogP contribution in [-0.2, 0) is 9.84 Å². The van der Waals surface area contributed by atoms with E-state index in [-0.39, 0.29) is 4.91 Å². The first-order valence-corrected chi connectivity index (χ1v) is 6.46. The van der Waals surface area contributed by atoms with Crippen molar-refractivity contribution in [3.8, 4) is 11.8 Å². The molecule has 2 rings (SSSR count). The first-order valence-electron chi connectivity index (χ1n) is 4.57. The molecule has 0 saturated carbocycles. The zero-order valence-electron chi connectivity index (χ0n) is 8.32. The molecule has 0 atom stereocenters. The van der Waals surface area contributed by atoms with Crippen LogP contribution >= 0.6 is 0 Å². The molecule has 1 aliphatic carbocycles. The Labute approximate surface area is 88.9 Å². The molecule has 1 aliphatic rings. The van der Waals surface area contributed by atoms with Gasteiger partial charge in [-0.3, -0.25) is 0 Å². The highest BCUT2D eigenvalue weighted by Gasteiger charge is 2.10. The summed E-state index contributed by atoms with van der Waals surface area (Å²) in [5.74, 6) is 5.55. The van der Waals surface area contributed by atoms with Gasteiger partial charge in [-0.1, -0.05) is 42.2 Å². The second kappa shape index (κ2) is 3.56. The van der Waals surface area contributed by atoms with Crippen LogP contribution in [0, 0.1) is 11.8 Å². The molecule has 0 aromatic heterocycles. The van der Waals surface area contributed by atoms with E-state index in [9.17, 15) is 8.42 Å². The van der Waals surface area contributed by atoms with Crippen molar-refractivity contribution >= 4 is 20.8 Å². The maximum atomic E-state index is 11.5. The van der Waals surface area contributed by atoms with Crippen LogP contribution in [0.3, 0.4) is 0 Å². The molecule has 0 bridgehead atoms. The van der Waals surface area contributed by atoms with Gasteiger partial charge in [0.25, 0.3) is 0 Å². The summed E-state index contributed by atoms with van der Waals surface area (Å²) in [5, 5.41) is 1.64. The van der Waals surface area contributed by atoms with Gasteiger partial charge in [-0.05, 0) is 5.22 Å². The van der Waals surface area contributed by atoms with E-state index in [4.69, 9.17) is 0 Å². The lowest BCUT2D eigenvalue weighted by molar-refractivity contribution is 0.611. The smallest absolute Gasteiger partial charge is 0.184 e. The maximum absolute atomic E-state index is 11.5. The van der Waals surface area contributed by atoms with E-state index in [2.05, 4.69) is 11.8 Å². The van der Waals surface area contributed by atoms with Gasteiger partial charge < -0.3 is 0 Å². The van der Waals surface area contributed by atoms with Crippen LogP contribution in [0.15, 0.2) is 24.3 Å². The highest BCUT2D eigenvalue weighted by molar-refractivity contribution is 8.00. The van der Waals surface area contributed by atoms with Crippen molar-refractivity contribution in [2.45, 2.75) is 6.42 Å². The van der Waals surface area contributed by atoms with Gasteiger partial charge in [0.1, 0.15) is 4.91 Å². The SMILES string of the molecule is CS(=O)(=O)C1=c2ccccc2=CCC#C1. The second-order valence-electron chi connectivity index (χ2n) is 3.40. The lowest BCUT2D eigenvalue weighted by Gasteiger charge is -1.96. The topological polar surface area (TPSA) is 34.1 Å². The summed E-state index contributed by atoms with van der Waals surface area (Å²) in [4.78, 5) is 0.229. The molecule has 0 unspecified atom stereocenters. The number of hydrogen-bond acceptors (Lipinski definition) is 2. The summed E-state index contributed by atoms with van der Waals surface area (Å²) < 4.78 is 23.1. The first-order chi connectivity index (χ1) is 7.09. The Bertz CT molecular complexity index is 670. The minimum absolute atomic E-state index is 0.229. The first kappa shape index (κ1) is 10.0. The fourth-order valence-corrected chi connectivity index (χ4v) is 2.38. The van der Waals surface area contributed by atoms with Crippen molar-refractivity contribution < 1.29 is 8.42 Å². The molecule has 0 fully saturated rings. The molecule has 0 spiro atoms. The van der Waals surface area contributed by atoms with Crippen LogP contribution in [-0.4, -0.2) is 14.7 Å². The summed E-state index contributed by atoms with van der Waals surface area (Å²) in [6.45, 7) is 0. The van der Waals surface area contributed by atoms with Gasteiger partial charge >= 0.3 is 0 Å². The third-order valence-corrected chi connectivity index (χ3v) is 3.27. The van der Waals surface area contributed by atoms with Gasteiger partial charge in [0.2, 0.25) is 0 Å². The van der Waals surface area contributed by atoms with Crippen molar-refractivity contribution in [2.75, 3.05) is 6.26 Å². The average molecular weight is 218 g/mol. The Morgan fingerprint density at radius 3 is 2.73 bits per heavy atom. The highest BCUT2D eigenvalue weighted by atomic mass is 32.2. The average Bonchev–Trinajstić information content (AvgIpc) is 2.38. The van der Waals surface area contributed by atoms with Gasteiger partial charge in [0, 0.05) is 17.9 Å². The Morgan fingerprint density at radius 2 is 2.00 bits per heavy atom. The number of benzene rings is 1. The van der Waals surface area contributed by atoms with Crippen LogP contribution in [0.25, 0.3) is 11.0 Å². The van der Waals surface area contributed by atoms with E-state index in [1.165, 1.54) is 6.26 Å². The van der Waals surface area contributed by atoms with Gasteiger partial charge in [-0.25, -0.2) is 8.42 Å². The van der Waals surface area contributed by atoms with E-state index >= 15 is 0 Å². The summed E-state index contributed by atoms with van der Waals surface area (Å²) in [6.07, 6.45) is 3.73. The second-order valence-corrected chi connectivity index (χ2v) is 5.35. The largest absolute Gasteiger partial charge is 0.223 e. The van der Waals surface area contributed by atoms with E-state index in [1.807, 2.05) is 24.3 Å². The Balaban J connectivity index is 3.01. The van der Waals surface area contributed by atoms with E-state index < -0.39 is 9.84 Å². The van der Waals surface area contributed by atoms with Crippen molar-refractivity contribution in [3.05, 3.63) is 34.7 Å². The molecular weight excluding hydrogens is 208 g/mol. The minimum atomic E-state index is -3.24. The predicted molar refractivity (Wildman–Crippen MR) is 60.8 cm³/mol. The van der Waals surface area contributed by atoms with Crippen molar-refractivity contribution in [1.82, 2.24) is 0 Å². The van der Waals surface area contributed by atoms with Crippen molar-refractivity contribution in [2.24, 2.45) is 0 Å². The lowest BCUT2D eigenvalue weighted by Crippen LogP contribution is -2.27. The Hall–Kier alpha value is -1.53. The molecule has 1 aromatic rings. The van der Waals surface area contributed by atoms with Gasteiger partial charge in [-0.2, -0.15) is 0 Å².